The van der Waals surface area contributed by atoms with Gasteiger partial charge in [0, 0.05) is 0 Å². The van der Waals surface area contributed by atoms with Gasteiger partial charge in [-0.1, -0.05) is 42.5 Å². The third-order valence-electron chi connectivity index (χ3n) is 3.59. The number of hydrogen-bond acceptors (Lipinski definition) is 2. The predicted octanol–water partition coefficient (Wildman–Crippen LogP) is 3.57. The molecule has 0 saturated heterocycles. The summed E-state index contributed by atoms with van der Waals surface area (Å²) in [6.07, 6.45) is 0. The van der Waals surface area contributed by atoms with E-state index < -0.39 is 0 Å². The molecule has 0 aliphatic rings. The Kier molecular flexibility index (Phi) is 4.11. The van der Waals surface area contributed by atoms with E-state index in [-0.39, 0.29) is 18.5 Å². The second-order valence-electron chi connectivity index (χ2n) is 5.16. The molecule has 0 unspecified atom stereocenters. The van der Waals surface area contributed by atoms with Crippen LogP contribution in [0.1, 0.15) is 18.5 Å². The summed E-state index contributed by atoms with van der Waals surface area (Å²) in [7, 11) is 0. The fraction of sp³-hybridized carbons (Fsp3) is 0.176. The first-order valence-corrected chi connectivity index (χ1v) is 7.48. The van der Waals surface area contributed by atoms with Crippen LogP contribution in [0.2, 0.25) is 5.28 Å². The van der Waals surface area contributed by atoms with Crippen molar-refractivity contribution in [3.63, 3.8) is 0 Å². The maximum atomic E-state index is 12.3. The number of benzene rings is 2. The van der Waals surface area contributed by atoms with E-state index in [1.165, 1.54) is 0 Å². The Morgan fingerprint density at radius 2 is 1.86 bits per heavy atom. The van der Waals surface area contributed by atoms with Gasteiger partial charge in [-0.3, -0.25) is 4.79 Å². The zero-order chi connectivity index (χ0) is 15.5. The first kappa shape index (κ1) is 14.6. The number of halogens is 1. The second kappa shape index (κ2) is 6.20. The molecule has 5 heteroatoms. The van der Waals surface area contributed by atoms with E-state index in [9.17, 15) is 4.79 Å². The van der Waals surface area contributed by atoms with Crippen molar-refractivity contribution in [3.8, 4) is 0 Å². The molecule has 112 valence electrons. The summed E-state index contributed by atoms with van der Waals surface area (Å²) in [5, 5.41) is 3.30. The molecule has 3 aromatic rings. The lowest BCUT2D eigenvalue weighted by Crippen LogP contribution is -2.30. The molecular weight excluding hydrogens is 298 g/mol. The van der Waals surface area contributed by atoms with Crippen molar-refractivity contribution < 1.29 is 4.79 Å². The van der Waals surface area contributed by atoms with Crippen molar-refractivity contribution in [1.29, 1.82) is 0 Å². The first-order valence-electron chi connectivity index (χ1n) is 7.10. The minimum absolute atomic E-state index is 0.0535. The van der Waals surface area contributed by atoms with Crippen LogP contribution in [0.5, 0.6) is 0 Å². The molecule has 1 heterocycles. The summed E-state index contributed by atoms with van der Waals surface area (Å²) in [6, 6.07) is 17.4. The van der Waals surface area contributed by atoms with Gasteiger partial charge in [0.05, 0.1) is 17.1 Å². The largest absolute Gasteiger partial charge is 0.348 e. The van der Waals surface area contributed by atoms with Crippen molar-refractivity contribution >= 4 is 28.5 Å². The van der Waals surface area contributed by atoms with Crippen LogP contribution in [0.15, 0.2) is 54.6 Å². The maximum absolute atomic E-state index is 12.3. The van der Waals surface area contributed by atoms with E-state index in [1.807, 2.05) is 61.5 Å². The lowest BCUT2D eigenvalue weighted by Gasteiger charge is -2.15. The van der Waals surface area contributed by atoms with Gasteiger partial charge < -0.3 is 9.88 Å². The number of nitrogens with one attached hydrogen (secondary N) is 1. The standard InChI is InChI=1S/C17H16ClN3O/c1-12(13-7-3-2-4-8-13)19-16(22)11-21-15-10-6-5-9-14(15)20-17(21)18/h2-10,12H,11H2,1H3,(H,19,22)/t12-/m1/s1. The van der Waals surface area contributed by atoms with E-state index in [2.05, 4.69) is 10.3 Å². The van der Waals surface area contributed by atoms with Gasteiger partial charge in [-0.05, 0) is 36.2 Å². The van der Waals surface area contributed by atoms with Gasteiger partial charge in [0.2, 0.25) is 11.2 Å². The summed E-state index contributed by atoms with van der Waals surface area (Å²) in [5.41, 5.74) is 2.71. The summed E-state index contributed by atoms with van der Waals surface area (Å²) in [4.78, 5) is 16.5. The second-order valence-corrected chi connectivity index (χ2v) is 5.49. The highest BCUT2D eigenvalue weighted by atomic mass is 35.5. The molecule has 0 spiro atoms. The van der Waals surface area contributed by atoms with Crippen LogP contribution < -0.4 is 5.32 Å². The van der Waals surface area contributed by atoms with Gasteiger partial charge in [0.1, 0.15) is 6.54 Å². The van der Waals surface area contributed by atoms with Gasteiger partial charge in [0.15, 0.2) is 0 Å². The molecule has 0 aliphatic carbocycles. The first-order chi connectivity index (χ1) is 10.6. The van der Waals surface area contributed by atoms with Crippen LogP contribution in [0, 0.1) is 0 Å². The van der Waals surface area contributed by atoms with Crippen LogP contribution in [0.3, 0.4) is 0 Å². The van der Waals surface area contributed by atoms with E-state index >= 15 is 0 Å². The van der Waals surface area contributed by atoms with Crippen molar-refractivity contribution in [3.05, 3.63) is 65.4 Å². The molecular formula is C17H16ClN3O. The highest BCUT2D eigenvalue weighted by molar-refractivity contribution is 6.29. The zero-order valence-corrected chi connectivity index (χ0v) is 12.9. The number of para-hydroxylation sites is 2. The Morgan fingerprint density at radius 3 is 2.64 bits per heavy atom. The summed E-state index contributed by atoms with van der Waals surface area (Å²) >= 11 is 6.14. The number of amides is 1. The average Bonchev–Trinajstić information content (AvgIpc) is 2.84. The van der Waals surface area contributed by atoms with Crippen molar-refractivity contribution in [2.24, 2.45) is 0 Å². The molecule has 0 aliphatic heterocycles. The minimum atomic E-state index is -0.0959. The Balaban J connectivity index is 1.75. The zero-order valence-electron chi connectivity index (χ0n) is 12.2. The molecule has 1 aromatic heterocycles. The van der Waals surface area contributed by atoms with Crippen LogP contribution in [0.4, 0.5) is 0 Å². The van der Waals surface area contributed by atoms with Crippen molar-refractivity contribution in [2.75, 3.05) is 0 Å². The lowest BCUT2D eigenvalue weighted by atomic mass is 10.1. The van der Waals surface area contributed by atoms with Crippen LogP contribution in [-0.4, -0.2) is 15.5 Å². The monoisotopic (exact) mass is 313 g/mol. The van der Waals surface area contributed by atoms with Crippen molar-refractivity contribution in [2.45, 2.75) is 19.5 Å². The number of imidazole rings is 1. The fourth-order valence-corrected chi connectivity index (χ4v) is 2.69. The smallest absolute Gasteiger partial charge is 0.240 e. The van der Waals surface area contributed by atoms with Gasteiger partial charge in [-0.15, -0.1) is 0 Å². The molecule has 22 heavy (non-hydrogen) atoms. The topological polar surface area (TPSA) is 46.9 Å². The SMILES string of the molecule is C[C@@H](NC(=O)Cn1c(Cl)nc2ccccc21)c1ccccc1. The van der Waals surface area contributed by atoms with Gasteiger partial charge in [0.25, 0.3) is 0 Å². The normalized spacial score (nSPS) is 12.3. The number of carbonyl (C=O) groups is 1. The summed E-state index contributed by atoms with van der Waals surface area (Å²) in [5.74, 6) is -0.0959. The Bertz CT molecular complexity index is 798. The number of carbonyl (C=O) groups excluding carboxylic acids is 1. The number of fused-ring (bicyclic) bond motifs is 1. The van der Waals surface area contributed by atoms with Gasteiger partial charge >= 0.3 is 0 Å². The van der Waals surface area contributed by atoms with E-state index in [1.54, 1.807) is 4.57 Å². The number of nitrogens with zero attached hydrogens (tertiary/aromatic N) is 2. The Labute approximate surface area is 133 Å². The predicted molar refractivity (Wildman–Crippen MR) is 87.7 cm³/mol. The maximum Gasteiger partial charge on any atom is 0.240 e. The minimum Gasteiger partial charge on any atom is -0.348 e. The highest BCUT2D eigenvalue weighted by Crippen LogP contribution is 2.19. The molecule has 3 rings (SSSR count). The highest BCUT2D eigenvalue weighted by Gasteiger charge is 2.14. The van der Waals surface area contributed by atoms with Gasteiger partial charge in [-0.25, -0.2) is 4.98 Å². The number of hydrogen-bond donors (Lipinski definition) is 1. The summed E-state index contributed by atoms with van der Waals surface area (Å²) < 4.78 is 1.71. The van der Waals surface area contributed by atoms with E-state index in [0.29, 0.717) is 5.28 Å². The van der Waals surface area contributed by atoms with Crippen molar-refractivity contribution in [1.82, 2.24) is 14.9 Å². The molecule has 4 nitrogen and oxygen atoms in total. The Morgan fingerprint density at radius 1 is 1.18 bits per heavy atom. The number of aromatic nitrogens is 2. The van der Waals surface area contributed by atoms with E-state index in [4.69, 9.17) is 11.6 Å². The third kappa shape index (κ3) is 2.97. The molecule has 0 bridgehead atoms. The van der Waals surface area contributed by atoms with Crippen LogP contribution in [-0.2, 0) is 11.3 Å². The molecule has 1 atom stereocenters. The molecule has 1 N–H and O–H groups in total. The molecule has 1 amide bonds. The Hall–Kier alpha value is -2.33. The number of rotatable bonds is 4. The molecule has 0 radical (unpaired) electrons. The fourth-order valence-electron chi connectivity index (χ4n) is 2.45. The van der Waals surface area contributed by atoms with Crippen LogP contribution in [0.25, 0.3) is 11.0 Å². The quantitative estimate of drug-likeness (QED) is 0.800. The van der Waals surface area contributed by atoms with E-state index in [0.717, 1.165) is 16.6 Å². The molecule has 2 aromatic carbocycles. The van der Waals surface area contributed by atoms with Crippen LogP contribution >= 0.6 is 11.6 Å². The molecule has 0 saturated carbocycles. The summed E-state index contributed by atoms with van der Waals surface area (Å²) in [6.45, 7) is 2.11. The average molecular weight is 314 g/mol. The molecule has 0 fully saturated rings. The lowest BCUT2D eigenvalue weighted by molar-refractivity contribution is -0.122. The van der Waals surface area contributed by atoms with Gasteiger partial charge in [-0.2, -0.15) is 0 Å². The third-order valence-corrected chi connectivity index (χ3v) is 3.88.